The summed E-state index contributed by atoms with van der Waals surface area (Å²) in [5.41, 5.74) is 2.56. The Balaban J connectivity index is 4.51. The number of carboxylic acids is 2. The second kappa shape index (κ2) is 13.4. The number of aliphatic carboxylic acids is 2. The summed E-state index contributed by atoms with van der Waals surface area (Å²) in [6.45, 7) is 5.86. The van der Waals surface area contributed by atoms with Gasteiger partial charge in [-0.05, 0) is 65.7 Å². The fourth-order valence-electron chi connectivity index (χ4n) is 2.55. The van der Waals surface area contributed by atoms with E-state index in [1.54, 1.807) is 12.2 Å². The number of allylic oxidation sites excluding steroid dienone is 4. The molecule has 142 valence electrons. The van der Waals surface area contributed by atoms with Gasteiger partial charge in [0, 0.05) is 5.57 Å². The van der Waals surface area contributed by atoms with Gasteiger partial charge in [-0.25, -0.2) is 4.79 Å². The molecule has 0 saturated carbocycles. The Kier molecular flexibility index (Phi) is 12.4. The minimum atomic E-state index is -0.932. The third-order valence-corrected chi connectivity index (χ3v) is 4.06. The summed E-state index contributed by atoms with van der Waals surface area (Å²) in [4.78, 5) is 22.6. The molecule has 0 radical (unpaired) electrons. The molecule has 5 nitrogen and oxygen atoms in total. The quantitative estimate of drug-likeness (QED) is 0.339. The normalized spacial score (nSPS) is 13.4. The van der Waals surface area contributed by atoms with Gasteiger partial charge in [-0.15, -0.1) is 0 Å². The van der Waals surface area contributed by atoms with Gasteiger partial charge in [0.15, 0.2) is 0 Å². The predicted molar refractivity (Wildman–Crippen MR) is 99.4 cm³/mol. The largest absolute Gasteiger partial charge is 0.481 e. The first-order valence-corrected chi connectivity index (χ1v) is 8.82. The number of aliphatic hydroxyl groups is 1. The zero-order valence-corrected chi connectivity index (χ0v) is 15.6. The minimum Gasteiger partial charge on any atom is -0.481 e. The Labute approximate surface area is 150 Å². The lowest BCUT2D eigenvalue weighted by atomic mass is 9.94. The van der Waals surface area contributed by atoms with E-state index < -0.39 is 17.9 Å². The van der Waals surface area contributed by atoms with Crippen molar-refractivity contribution in [1.82, 2.24) is 0 Å². The van der Waals surface area contributed by atoms with Gasteiger partial charge in [0.2, 0.25) is 0 Å². The van der Waals surface area contributed by atoms with Crippen molar-refractivity contribution >= 4 is 11.9 Å². The summed E-state index contributed by atoms with van der Waals surface area (Å²) in [5.74, 6) is -2.23. The molecule has 0 heterocycles. The molecule has 0 aliphatic rings. The van der Waals surface area contributed by atoms with Gasteiger partial charge >= 0.3 is 11.9 Å². The number of hydrogen-bond donors (Lipinski definition) is 3. The molecule has 5 heteroatoms. The summed E-state index contributed by atoms with van der Waals surface area (Å²) < 4.78 is 0. The summed E-state index contributed by atoms with van der Waals surface area (Å²) in [7, 11) is 0. The topological polar surface area (TPSA) is 94.8 Å². The molecule has 0 saturated heterocycles. The van der Waals surface area contributed by atoms with Gasteiger partial charge in [-0.2, -0.15) is 0 Å². The third kappa shape index (κ3) is 12.2. The van der Waals surface area contributed by atoms with E-state index in [1.165, 1.54) is 0 Å². The molecule has 0 aromatic carbocycles. The summed E-state index contributed by atoms with van der Waals surface area (Å²) in [6, 6.07) is 0. The maximum Gasteiger partial charge on any atom is 0.331 e. The van der Waals surface area contributed by atoms with Crippen LogP contribution in [0.2, 0.25) is 0 Å². The third-order valence-electron chi connectivity index (χ3n) is 4.06. The number of aliphatic hydroxyl groups excluding tert-OH is 1. The van der Waals surface area contributed by atoms with E-state index in [-0.39, 0.29) is 6.61 Å². The molecule has 1 atom stereocenters. The second-order valence-electron chi connectivity index (χ2n) is 6.59. The predicted octanol–water partition coefficient (Wildman–Crippen LogP) is 4.33. The van der Waals surface area contributed by atoms with Crippen LogP contribution in [0.3, 0.4) is 0 Å². The Bertz CT molecular complexity index is 510. The molecular weight excluding hydrogens is 320 g/mol. The van der Waals surface area contributed by atoms with E-state index in [1.807, 2.05) is 26.8 Å². The SMILES string of the molecule is CC(C)=CCC/C(=C\CC[C@@H](CCC/C(C)=C/CO)C(=O)O)C(=O)O. The van der Waals surface area contributed by atoms with Crippen LogP contribution in [0.5, 0.6) is 0 Å². The minimum absolute atomic E-state index is 0.00367. The molecule has 25 heavy (non-hydrogen) atoms. The molecule has 0 rings (SSSR count). The highest BCUT2D eigenvalue weighted by Crippen LogP contribution is 2.19. The molecule has 3 N–H and O–H groups in total. The lowest BCUT2D eigenvalue weighted by molar-refractivity contribution is -0.142. The van der Waals surface area contributed by atoms with Crippen LogP contribution in [0.25, 0.3) is 0 Å². The van der Waals surface area contributed by atoms with Crippen molar-refractivity contribution in [1.29, 1.82) is 0 Å². The van der Waals surface area contributed by atoms with Gasteiger partial charge < -0.3 is 15.3 Å². The first kappa shape index (κ1) is 23.1. The number of rotatable bonds is 13. The highest BCUT2D eigenvalue weighted by Gasteiger charge is 2.16. The van der Waals surface area contributed by atoms with Gasteiger partial charge in [0.05, 0.1) is 12.5 Å². The van der Waals surface area contributed by atoms with Crippen LogP contribution >= 0.6 is 0 Å². The van der Waals surface area contributed by atoms with Gasteiger partial charge in [0.25, 0.3) is 0 Å². The van der Waals surface area contributed by atoms with Crippen molar-refractivity contribution in [2.24, 2.45) is 5.92 Å². The van der Waals surface area contributed by atoms with E-state index in [9.17, 15) is 19.8 Å². The lowest BCUT2D eigenvalue weighted by Crippen LogP contribution is -2.13. The first-order valence-electron chi connectivity index (χ1n) is 8.82. The highest BCUT2D eigenvalue weighted by atomic mass is 16.4. The van der Waals surface area contributed by atoms with Crippen LogP contribution in [0.4, 0.5) is 0 Å². The van der Waals surface area contributed by atoms with Crippen molar-refractivity contribution in [2.45, 2.75) is 65.7 Å². The molecule has 0 aliphatic heterocycles. The Hall–Kier alpha value is -1.88. The van der Waals surface area contributed by atoms with Gasteiger partial charge in [-0.3, -0.25) is 4.79 Å². The average molecular weight is 352 g/mol. The van der Waals surface area contributed by atoms with Gasteiger partial charge in [0.1, 0.15) is 0 Å². The lowest BCUT2D eigenvalue weighted by Gasteiger charge is -2.11. The van der Waals surface area contributed by atoms with Crippen molar-refractivity contribution in [3.05, 3.63) is 34.9 Å². The summed E-state index contributed by atoms with van der Waals surface area (Å²) >= 11 is 0. The van der Waals surface area contributed by atoms with E-state index in [0.717, 1.165) is 24.0 Å². The smallest absolute Gasteiger partial charge is 0.331 e. The number of carboxylic acid groups (broad SMARTS) is 2. The highest BCUT2D eigenvalue weighted by molar-refractivity contribution is 5.86. The van der Waals surface area contributed by atoms with E-state index in [0.29, 0.717) is 37.7 Å². The van der Waals surface area contributed by atoms with Crippen LogP contribution in [-0.4, -0.2) is 33.9 Å². The Morgan fingerprint density at radius 1 is 0.920 bits per heavy atom. The van der Waals surface area contributed by atoms with Crippen LogP contribution in [0.1, 0.15) is 65.7 Å². The van der Waals surface area contributed by atoms with Gasteiger partial charge in [-0.1, -0.05) is 29.4 Å². The zero-order valence-electron chi connectivity index (χ0n) is 15.6. The summed E-state index contributed by atoms with van der Waals surface area (Å²) in [6.07, 6.45) is 9.49. The first-order chi connectivity index (χ1) is 11.8. The zero-order chi connectivity index (χ0) is 19.2. The Morgan fingerprint density at radius 3 is 2.12 bits per heavy atom. The number of hydrogen-bond acceptors (Lipinski definition) is 3. The van der Waals surface area contributed by atoms with Crippen molar-refractivity contribution in [3.8, 4) is 0 Å². The maximum absolute atomic E-state index is 11.4. The molecule has 0 fully saturated rings. The molecule has 0 aliphatic carbocycles. The van der Waals surface area contributed by atoms with Crippen LogP contribution < -0.4 is 0 Å². The van der Waals surface area contributed by atoms with E-state index >= 15 is 0 Å². The fraction of sp³-hybridized carbons (Fsp3) is 0.600. The van der Waals surface area contributed by atoms with Crippen LogP contribution in [0, 0.1) is 5.92 Å². The molecule has 0 aromatic heterocycles. The van der Waals surface area contributed by atoms with Crippen molar-refractivity contribution in [2.75, 3.05) is 6.61 Å². The molecule has 0 bridgehead atoms. The second-order valence-corrected chi connectivity index (χ2v) is 6.59. The molecular formula is C20H32O5. The monoisotopic (exact) mass is 352 g/mol. The molecule has 0 spiro atoms. The van der Waals surface area contributed by atoms with Crippen LogP contribution in [-0.2, 0) is 9.59 Å². The van der Waals surface area contributed by atoms with E-state index in [4.69, 9.17) is 5.11 Å². The van der Waals surface area contributed by atoms with Crippen molar-refractivity contribution in [3.63, 3.8) is 0 Å². The fourth-order valence-corrected chi connectivity index (χ4v) is 2.55. The summed E-state index contributed by atoms with van der Waals surface area (Å²) in [5, 5.41) is 27.4. The Morgan fingerprint density at radius 2 is 1.60 bits per heavy atom. The molecule has 0 aromatic rings. The standard InChI is InChI=1S/C20H32O5/c1-15(2)7-4-9-17(19(22)23)11-6-12-18(20(24)25)10-5-8-16(3)13-14-21/h7,11,13,18,21H,4-6,8-10,12,14H2,1-3H3,(H,22,23)(H,24,25)/b16-13+,17-11+/t18-/m1/s1. The average Bonchev–Trinajstić information content (AvgIpc) is 2.51. The molecule has 0 amide bonds. The molecule has 0 unspecified atom stereocenters. The number of carbonyl (C=O) groups is 2. The maximum atomic E-state index is 11.4. The van der Waals surface area contributed by atoms with E-state index in [2.05, 4.69) is 0 Å². The van der Waals surface area contributed by atoms with Crippen LogP contribution in [0.15, 0.2) is 34.9 Å². The van der Waals surface area contributed by atoms with Crippen molar-refractivity contribution < 1.29 is 24.9 Å².